The number of rotatable bonds is 7. The summed E-state index contributed by atoms with van der Waals surface area (Å²) in [5.41, 5.74) is 0.330. The second-order valence-electron chi connectivity index (χ2n) is 7.82. The number of carbonyl (C=O) groups is 2. The highest BCUT2D eigenvalue weighted by Gasteiger charge is 2.41. The fourth-order valence-corrected chi connectivity index (χ4v) is 3.00. The van der Waals surface area contributed by atoms with Crippen molar-refractivity contribution >= 4 is 11.8 Å². The molecule has 5 nitrogen and oxygen atoms in total. The molecule has 0 saturated carbocycles. The summed E-state index contributed by atoms with van der Waals surface area (Å²) in [6.45, 7) is 2.58. The maximum atomic E-state index is 13.2. The number of benzene rings is 2. The van der Waals surface area contributed by atoms with Crippen LogP contribution in [0.2, 0.25) is 0 Å². The van der Waals surface area contributed by atoms with Crippen molar-refractivity contribution in [1.29, 1.82) is 0 Å². The number of amides is 2. The Labute approximate surface area is 186 Å². The van der Waals surface area contributed by atoms with Gasteiger partial charge in [-0.2, -0.15) is 26.3 Å². The molecule has 0 aliphatic heterocycles. The largest absolute Gasteiger partial charge is 0.416 e. The van der Waals surface area contributed by atoms with Gasteiger partial charge in [0.25, 0.3) is 0 Å². The third-order valence-electron chi connectivity index (χ3n) is 4.99. The Hall–Kier alpha value is -3.08. The Morgan fingerprint density at radius 2 is 1.36 bits per heavy atom. The van der Waals surface area contributed by atoms with E-state index in [1.54, 1.807) is 30.3 Å². The Kier molecular flexibility index (Phi) is 7.79. The van der Waals surface area contributed by atoms with Gasteiger partial charge in [0, 0.05) is 13.1 Å². The van der Waals surface area contributed by atoms with Gasteiger partial charge in [-0.25, -0.2) is 0 Å². The predicted octanol–water partition coefficient (Wildman–Crippen LogP) is 3.93. The van der Waals surface area contributed by atoms with E-state index in [-0.39, 0.29) is 19.2 Å². The summed E-state index contributed by atoms with van der Waals surface area (Å²) in [6.07, 6.45) is -10.1. The van der Waals surface area contributed by atoms with E-state index in [1.165, 1.54) is 13.8 Å². The minimum absolute atomic E-state index is 0.00940. The smallest absolute Gasteiger partial charge is 0.353 e. The average Bonchev–Trinajstić information content (AvgIpc) is 2.74. The number of hydrogen-bond donors (Lipinski definition) is 3. The summed E-state index contributed by atoms with van der Waals surface area (Å²) in [7, 11) is 0. The molecule has 0 aliphatic rings. The van der Waals surface area contributed by atoms with Gasteiger partial charge in [0.1, 0.15) is 6.04 Å². The number of alkyl halides is 6. The van der Waals surface area contributed by atoms with Crippen LogP contribution in [0.5, 0.6) is 0 Å². The van der Waals surface area contributed by atoms with Crippen LogP contribution < -0.4 is 16.4 Å². The second-order valence-corrected chi connectivity index (χ2v) is 7.82. The molecule has 0 fully saturated rings. The number of nitrogens with one attached hydrogen (secondary N) is 2. The summed E-state index contributed by atoms with van der Waals surface area (Å²) in [4.78, 5) is 25.7. The summed E-state index contributed by atoms with van der Waals surface area (Å²) in [5, 5.41) is 4.95. The first-order valence-corrected chi connectivity index (χ1v) is 9.81. The van der Waals surface area contributed by atoms with E-state index in [1.807, 2.05) is 0 Å². The molecule has 180 valence electrons. The van der Waals surface area contributed by atoms with Crippen LogP contribution in [-0.2, 0) is 27.4 Å². The van der Waals surface area contributed by atoms with Crippen molar-refractivity contribution in [2.45, 2.75) is 37.7 Å². The molecule has 2 aromatic carbocycles. The lowest BCUT2D eigenvalue weighted by molar-refractivity contribution is -0.143. The Morgan fingerprint density at radius 1 is 0.879 bits per heavy atom. The third-order valence-corrected chi connectivity index (χ3v) is 4.99. The first-order valence-electron chi connectivity index (χ1n) is 9.81. The minimum Gasteiger partial charge on any atom is -0.353 e. The van der Waals surface area contributed by atoms with Crippen LogP contribution in [0.4, 0.5) is 26.3 Å². The van der Waals surface area contributed by atoms with E-state index in [0.717, 1.165) is 0 Å². The first-order chi connectivity index (χ1) is 15.2. The molecule has 4 N–H and O–H groups in total. The molecule has 0 bridgehead atoms. The number of nitrogens with two attached hydrogens (primary N) is 1. The third kappa shape index (κ3) is 6.47. The molecule has 0 aliphatic carbocycles. The van der Waals surface area contributed by atoms with Gasteiger partial charge in [0.05, 0.1) is 16.5 Å². The van der Waals surface area contributed by atoms with E-state index in [9.17, 15) is 35.9 Å². The quantitative estimate of drug-likeness (QED) is 0.531. The highest BCUT2D eigenvalue weighted by atomic mass is 19.4. The maximum absolute atomic E-state index is 13.2. The molecule has 0 radical (unpaired) electrons. The lowest BCUT2D eigenvalue weighted by Gasteiger charge is -2.29. The molecular formula is C22H23F6N3O2. The zero-order chi connectivity index (χ0) is 25.0. The summed E-state index contributed by atoms with van der Waals surface area (Å²) >= 11 is 0. The lowest BCUT2D eigenvalue weighted by atomic mass is 9.81. The van der Waals surface area contributed by atoms with Crippen molar-refractivity contribution in [1.82, 2.24) is 10.6 Å². The van der Waals surface area contributed by atoms with Crippen molar-refractivity contribution in [2.24, 2.45) is 5.73 Å². The first kappa shape index (κ1) is 26.2. The van der Waals surface area contributed by atoms with E-state index in [4.69, 9.17) is 5.73 Å². The molecule has 0 spiro atoms. The standard InChI is InChI=1S/C22H23F6N3O2/c1-20(2,14-10-15(21(23,24)25)12-16(11-14)22(26,27)28)19(33)31-17(18(32)30-9-8-29)13-6-4-3-5-7-13/h3-7,10-12,17H,8-9,29H2,1-2H3,(H,30,32)(H,31,33)/t17-/m0/s1. The van der Waals surface area contributed by atoms with Crippen LogP contribution in [-0.4, -0.2) is 24.9 Å². The monoisotopic (exact) mass is 475 g/mol. The van der Waals surface area contributed by atoms with Crippen molar-refractivity contribution in [3.63, 3.8) is 0 Å². The normalized spacial score (nSPS) is 13.4. The van der Waals surface area contributed by atoms with Gasteiger partial charge in [-0.1, -0.05) is 30.3 Å². The van der Waals surface area contributed by atoms with Crippen LogP contribution in [0, 0.1) is 0 Å². The van der Waals surface area contributed by atoms with Gasteiger partial charge < -0.3 is 16.4 Å². The number of hydrogen-bond acceptors (Lipinski definition) is 3. The second kappa shape index (κ2) is 9.82. The molecule has 0 heterocycles. The van der Waals surface area contributed by atoms with Crippen molar-refractivity contribution in [3.8, 4) is 0 Å². The highest BCUT2D eigenvalue weighted by Crippen LogP contribution is 2.39. The van der Waals surface area contributed by atoms with Crippen LogP contribution in [0.25, 0.3) is 0 Å². The van der Waals surface area contributed by atoms with Crippen LogP contribution in [0.1, 0.15) is 42.1 Å². The Bertz CT molecular complexity index is 956. The summed E-state index contributed by atoms with van der Waals surface area (Å²) < 4.78 is 79.5. The molecule has 1 atom stereocenters. The van der Waals surface area contributed by atoms with E-state index >= 15 is 0 Å². The Balaban J connectivity index is 2.47. The van der Waals surface area contributed by atoms with Crippen LogP contribution >= 0.6 is 0 Å². The highest BCUT2D eigenvalue weighted by molar-refractivity contribution is 5.93. The SMILES string of the molecule is CC(C)(C(=O)N[C@H](C(=O)NCCN)c1ccccc1)c1cc(C(F)(F)F)cc(C(F)(F)F)c1. The van der Waals surface area contributed by atoms with E-state index in [0.29, 0.717) is 17.7 Å². The van der Waals surface area contributed by atoms with Crippen molar-refractivity contribution < 1.29 is 35.9 Å². The van der Waals surface area contributed by atoms with Gasteiger partial charge in [0.2, 0.25) is 11.8 Å². The number of carbonyl (C=O) groups excluding carboxylic acids is 2. The molecule has 0 aromatic heterocycles. The minimum atomic E-state index is -5.06. The van der Waals surface area contributed by atoms with Gasteiger partial charge >= 0.3 is 12.4 Å². The lowest BCUT2D eigenvalue weighted by Crippen LogP contribution is -2.47. The summed E-state index contributed by atoms with van der Waals surface area (Å²) in [5.74, 6) is -1.57. The fourth-order valence-electron chi connectivity index (χ4n) is 3.00. The van der Waals surface area contributed by atoms with E-state index in [2.05, 4.69) is 10.6 Å². The van der Waals surface area contributed by atoms with Crippen molar-refractivity contribution in [3.05, 3.63) is 70.8 Å². The topological polar surface area (TPSA) is 84.2 Å². The van der Waals surface area contributed by atoms with Crippen molar-refractivity contribution in [2.75, 3.05) is 13.1 Å². The molecule has 11 heteroatoms. The molecule has 2 aromatic rings. The summed E-state index contributed by atoms with van der Waals surface area (Å²) in [6, 6.07) is 7.74. The van der Waals surface area contributed by atoms with Crippen LogP contribution in [0.3, 0.4) is 0 Å². The molecule has 0 unspecified atom stereocenters. The molecular weight excluding hydrogens is 452 g/mol. The molecule has 0 saturated heterocycles. The van der Waals surface area contributed by atoms with Gasteiger partial charge in [-0.15, -0.1) is 0 Å². The average molecular weight is 475 g/mol. The Morgan fingerprint density at radius 3 is 1.82 bits per heavy atom. The molecule has 2 rings (SSSR count). The molecule has 33 heavy (non-hydrogen) atoms. The van der Waals surface area contributed by atoms with Gasteiger partial charge in [-0.05, 0) is 43.2 Å². The van der Waals surface area contributed by atoms with Crippen LogP contribution in [0.15, 0.2) is 48.5 Å². The fraction of sp³-hybridized carbons (Fsp3) is 0.364. The zero-order valence-electron chi connectivity index (χ0n) is 17.8. The maximum Gasteiger partial charge on any atom is 0.416 e. The van der Waals surface area contributed by atoms with E-state index < -0.39 is 52.3 Å². The van der Waals surface area contributed by atoms with Gasteiger partial charge in [0.15, 0.2) is 0 Å². The van der Waals surface area contributed by atoms with Gasteiger partial charge in [-0.3, -0.25) is 9.59 Å². The predicted molar refractivity (Wildman–Crippen MR) is 109 cm³/mol. The number of halogens is 6. The molecule has 2 amide bonds. The zero-order valence-corrected chi connectivity index (χ0v) is 17.8.